The molecule has 2 saturated heterocycles. The molecule has 2 amide bonds. The average molecular weight is 594 g/mol. The highest BCUT2D eigenvalue weighted by molar-refractivity contribution is 5.77. The molecule has 2 aliphatic rings. The zero-order valence-corrected chi connectivity index (χ0v) is 21.8. The molecule has 2 fully saturated rings. The van der Waals surface area contributed by atoms with Gasteiger partial charge in [-0.3, -0.25) is 9.59 Å². The first kappa shape index (κ1) is 32.7. The number of hydrogen-bond acceptors (Lipinski definition) is 15. The minimum absolute atomic E-state index is 0.00217. The number of carboxylic acids is 1. The summed E-state index contributed by atoms with van der Waals surface area (Å²) in [6, 6.07) is -1.37. The third-order valence-electron chi connectivity index (χ3n) is 6.96. The Balaban J connectivity index is 1.75. The monoisotopic (exact) mass is 593 g/mol. The lowest BCUT2D eigenvalue weighted by atomic mass is 9.87. The van der Waals surface area contributed by atoms with Crippen LogP contribution in [0.15, 0.2) is 6.20 Å². The Bertz CT molecular complexity index is 1070. The van der Waals surface area contributed by atoms with E-state index in [-0.39, 0.29) is 12.2 Å². The van der Waals surface area contributed by atoms with Crippen molar-refractivity contribution in [2.75, 3.05) is 13.2 Å². The summed E-state index contributed by atoms with van der Waals surface area (Å²) in [6.07, 6.45) is -14.6. The van der Waals surface area contributed by atoms with E-state index in [0.717, 1.165) is 13.1 Å². The lowest BCUT2D eigenvalue weighted by molar-refractivity contribution is -0.258. The minimum Gasteiger partial charge on any atom is -0.478 e. The SMILES string of the molecule is CC(=O)N[C@H]1[C@H]([C@H](O)[C@H](O)CO)O[C@](C(=O)O)(n2cc(CNC(=O)C[C@@H]3O[C@H](CO)[C@H](O)[C@H](O)[C@H]3O)nn2)C[C@@H]1O. The molecule has 0 unspecified atom stereocenters. The summed E-state index contributed by atoms with van der Waals surface area (Å²) in [4.78, 5) is 36.5. The first-order valence-electron chi connectivity index (χ1n) is 12.6. The normalized spacial score (nSPS) is 35.3. The molecule has 41 heavy (non-hydrogen) atoms. The van der Waals surface area contributed by atoms with Gasteiger partial charge in [0.25, 0.3) is 5.72 Å². The summed E-state index contributed by atoms with van der Waals surface area (Å²) >= 11 is 0. The number of nitrogens with zero attached hydrogens (tertiary/aromatic N) is 3. The lowest BCUT2D eigenvalue weighted by Gasteiger charge is -2.46. The molecule has 3 heterocycles. The van der Waals surface area contributed by atoms with Crippen LogP contribution in [-0.2, 0) is 36.1 Å². The van der Waals surface area contributed by atoms with Crippen molar-refractivity contribution in [1.82, 2.24) is 25.6 Å². The van der Waals surface area contributed by atoms with Crippen LogP contribution in [0.25, 0.3) is 0 Å². The fourth-order valence-corrected chi connectivity index (χ4v) is 4.73. The molecule has 11 atom stereocenters. The summed E-state index contributed by atoms with van der Waals surface area (Å²) in [6.45, 7) is -0.831. The standard InChI is InChI=1S/C22H35N5O14/c1-8(30)24-15-10(31)3-22(21(38)39,41-20(15)16(34)11(32)6-28)27-5-9(25-26-27)4-23-14(33)2-12-17(35)19(37)18(36)13(7-29)40-12/h5,10-13,15-20,28-29,31-32,34-37H,2-4,6-7H2,1H3,(H,23,33)(H,24,30)(H,38,39)/t10-,11+,12-,13+,15+,16+,17-,18-,19+,20+,22+/m0/s1. The Hall–Kier alpha value is -2.85. The van der Waals surface area contributed by atoms with Gasteiger partial charge in [-0.05, 0) is 0 Å². The number of aromatic nitrogens is 3. The third-order valence-corrected chi connectivity index (χ3v) is 6.96. The van der Waals surface area contributed by atoms with Crippen LogP contribution in [0, 0.1) is 0 Å². The van der Waals surface area contributed by atoms with Crippen LogP contribution in [0.3, 0.4) is 0 Å². The molecule has 3 rings (SSSR count). The highest BCUT2D eigenvalue weighted by atomic mass is 16.6. The molecule has 1 aromatic rings. The average Bonchev–Trinajstić information content (AvgIpc) is 3.41. The van der Waals surface area contributed by atoms with Crippen molar-refractivity contribution in [3.8, 4) is 0 Å². The maximum Gasteiger partial charge on any atom is 0.359 e. The summed E-state index contributed by atoms with van der Waals surface area (Å²) in [7, 11) is 0. The van der Waals surface area contributed by atoms with Gasteiger partial charge in [0.15, 0.2) is 0 Å². The second-order valence-electron chi connectivity index (χ2n) is 9.91. The van der Waals surface area contributed by atoms with Crippen molar-refractivity contribution < 1.29 is 69.8 Å². The number of nitrogens with one attached hydrogen (secondary N) is 2. The van der Waals surface area contributed by atoms with Gasteiger partial charge >= 0.3 is 5.97 Å². The van der Waals surface area contributed by atoms with Crippen LogP contribution < -0.4 is 10.6 Å². The highest BCUT2D eigenvalue weighted by Gasteiger charge is 2.56. The molecule has 19 nitrogen and oxygen atoms in total. The van der Waals surface area contributed by atoms with Gasteiger partial charge in [0.05, 0.1) is 50.6 Å². The van der Waals surface area contributed by atoms with E-state index in [9.17, 15) is 60.3 Å². The predicted octanol–water partition coefficient (Wildman–Crippen LogP) is -6.77. The van der Waals surface area contributed by atoms with Crippen molar-refractivity contribution in [3.05, 3.63) is 11.9 Å². The maximum atomic E-state index is 12.4. The van der Waals surface area contributed by atoms with E-state index in [0.29, 0.717) is 4.68 Å². The van der Waals surface area contributed by atoms with Gasteiger partial charge in [-0.1, -0.05) is 5.21 Å². The fraction of sp³-hybridized carbons (Fsp3) is 0.773. The number of aliphatic hydroxyl groups excluding tert-OH is 8. The predicted molar refractivity (Wildman–Crippen MR) is 128 cm³/mol. The summed E-state index contributed by atoms with van der Waals surface area (Å²) in [5.74, 6) is -3.05. The zero-order valence-electron chi connectivity index (χ0n) is 21.8. The van der Waals surface area contributed by atoms with E-state index >= 15 is 0 Å². The summed E-state index contributed by atoms with van der Waals surface area (Å²) in [5.41, 5.74) is -2.50. The molecule has 232 valence electrons. The Labute approximate surface area is 231 Å². The first-order chi connectivity index (χ1) is 19.2. The van der Waals surface area contributed by atoms with Crippen molar-refractivity contribution in [2.45, 2.75) is 93.0 Å². The van der Waals surface area contributed by atoms with Crippen molar-refractivity contribution >= 4 is 17.8 Å². The van der Waals surface area contributed by atoms with E-state index < -0.39 is 111 Å². The smallest absolute Gasteiger partial charge is 0.359 e. The van der Waals surface area contributed by atoms with Crippen LogP contribution in [-0.4, -0.2) is 153 Å². The second-order valence-corrected chi connectivity index (χ2v) is 9.91. The van der Waals surface area contributed by atoms with E-state index in [1.165, 1.54) is 0 Å². The highest BCUT2D eigenvalue weighted by Crippen LogP contribution is 2.36. The maximum absolute atomic E-state index is 12.4. The number of aliphatic hydroxyl groups is 8. The number of carboxylic acid groups (broad SMARTS) is 1. The molecular formula is C22H35N5O14. The molecule has 11 N–H and O–H groups in total. The number of carbonyl (C=O) groups excluding carboxylic acids is 2. The summed E-state index contributed by atoms with van der Waals surface area (Å²) < 4.78 is 11.6. The number of rotatable bonds is 11. The first-order valence-corrected chi connectivity index (χ1v) is 12.6. The van der Waals surface area contributed by atoms with Gasteiger partial charge in [-0.15, -0.1) is 5.10 Å². The Kier molecular flexibility index (Phi) is 10.7. The quantitative estimate of drug-likeness (QED) is 0.114. The second kappa shape index (κ2) is 13.4. The van der Waals surface area contributed by atoms with Gasteiger partial charge in [0, 0.05) is 13.3 Å². The van der Waals surface area contributed by atoms with Gasteiger partial charge in [-0.25, -0.2) is 9.48 Å². The molecule has 19 heteroatoms. The van der Waals surface area contributed by atoms with E-state index in [4.69, 9.17) is 9.47 Å². The van der Waals surface area contributed by atoms with Crippen LogP contribution in [0.1, 0.15) is 25.5 Å². The molecule has 0 radical (unpaired) electrons. The Morgan fingerprint density at radius 2 is 1.78 bits per heavy atom. The van der Waals surface area contributed by atoms with E-state index in [1.54, 1.807) is 0 Å². The van der Waals surface area contributed by atoms with Crippen LogP contribution in [0.5, 0.6) is 0 Å². The van der Waals surface area contributed by atoms with Gasteiger partial charge in [0.2, 0.25) is 11.8 Å². The van der Waals surface area contributed by atoms with Crippen molar-refractivity contribution in [1.29, 1.82) is 0 Å². The number of ether oxygens (including phenoxy) is 2. The number of amides is 2. The molecule has 1 aromatic heterocycles. The minimum atomic E-state index is -2.50. The Morgan fingerprint density at radius 1 is 1.12 bits per heavy atom. The topological polar surface area (TPSA) is 307 Å². The van der Waals surface area contributed by atoms with E-state index in [2.05, 4.69) is 20.9 Å². The molecule has 2 aliphatic heterocycles. The van der Waals surface area contributed by atoms with Crippen molar-refractivity contribution in [3.63, 3.8) is 0 Å². The van der Waals surface area contributed by atoms with Crippen LogP contribution in [0.4, 0.5) is 0 Å². The van der Waals surface area contributed by atoms with Crippen molar-refractivity contribution in [2.24, 2.45) is 0 Å². The van der Waals surface area contributed by atoms with Gasteiger partial charge in [0.1, 0.15) is 48.4 Å². The van der Waals surface area contributed by atoms with Gasteiger partial charge < -0.3 is 66.1 Å². The zero-order chi connectivity index (χ0) is 30.6. The van der Waals surface area contributed by atoms with Crippen LogP contribution >= 0.6 is 0 Å². The third kappa shape index (κ3) is 6.97. The molecular weight excluding hydrogens is 558 g/mol. The number of aliphatic carboxylic acids is 1. The number of carbonyl (C=O) groups is 3. The lowest BCUT2D eigenvalue weighted by Crippen LogP contribution is -2.67. The summed E-state index contributed by atoms with van der Waals surface area (Å²) in [5, 5.41) is 102. The Morgan fingerprint density at radius 3 is 2.37 bits per heavy atom. The van der Waals surface area contributed by atoms with Gasteiger partial charge in [-0.2, -0.15) is 0 Å². The molecule has 0 aliphatic carbocycles. The fourth-order valence-electron chi connectivity index (χ4n) is 4.73. The van der Waals surface area contributed by atoms with E-state index in [1.807, 2.05) is 0 Å². The molecule has 0 bridgehead atoms. The molecule has 0 saturated carbocycles. The largest absolute Gasteiger partial charge is 0.478 e. The molecule has 0 aromatic carbocycles. The van der Waals surface area contributed by atoms with Crippen LogP contribution in [0.2, 0.25) is 0 Å². The molecule has 0 spiro atoms. The number of hydrogen-bond donors (Lipinski definition) is 11.